The molecule has 0 aromatic carbocycles. The maximum Gasteiger partial charge on any atom is 0.407 e. The van der Waals surface area contributed by atoms with Gasteiger partial charge in [0.05, 0.1) is 12.3 Å². The molecule has 5 heteroatoms. The zero-order chi connectivity index (χ0) is 15.3. The van der Waals surface area contributed by atoms with Gasteiger partial charge in [-0.15, -0.1) is 0 Å². The van der Waals surface area contributed by atoms with Crippen LogP contribution in [-0.2, 0) is 4.79 Å². The summed E-state index contributed by atoms with van der Waals surface area (Å²) in [5.74, 6) is 0.433. The molecule has 0 radical (unpaired) electrons. The number of rotatable bonds is 6. The Morgan fingerprint density at radius 1 is 1.50 bits per heavy atom. The number of nitrogens with zero attached hydrogens (tertiary/aromatic N) is 1. The van der Waals surface area contributed by atoms with Gasteiger partial charge in [-0.25, -0.2) is 4.79 Å². The average molecular weight is 281 g/mol. The maximum atomic E-state index is 11.6. The summed E-state index contributed by atoms with van der Waals surface area (Å²) < 4.78 is 5.39. The van der Waals surface area contributed by atoms with Crippen LogP contribution in [-0.4, -0.2) is 28.9 Å². The molecule has 0 aliphatic carbocycles. The van der Waals surface area contributed by atoms with Gasteiger partial charge in [-0.3, -0.25) is 4.90 Å². The lowest BCUT2D eigenvalue weighted by molar-refractivity contribution is -0.109. The van der Waals surface area contributed by atoms with E-state index < -0.39 is 12.1 Å². The van der Waals surface area contributed by atoms with Gasteiger partial charge in [-0.2, -0.15) is 0 Å². The fourth-order valence-electron chi connectivity index (χ4n) is 2.28. The van der Waals surface area contributed by atoms with E-state index in [0.29, 0.717) is 18.7 Å². The molecule has 0 unspecified atom stereocenters. The van der Waals surface area contributed by atoms with Gasteiger partial charge in [0.1, 0.15) is 12.0 Å². The standard InChI is InChI=1S/C15H23NO4/c1-11(7-8-17)13(12-6-5-9-20-12)16(14(18)19)10-15(2,3)4/h5-6,8-9,11,13H,7,10H2,1-4H3,(H,18,19)/t11-,13+/m1/s1. The Labute approximate surface area is 119 Å². The van der Waals surface area contributed by atoms with Crippen LogP contribution in [0.15, 0.2) is 22.8 Å². The molecule has 2 atom stereocenters. The van der Waals surface area contributed by atoms with E-state index in [9.17, 15) is 14.7 Å². The highest BCUT2D eigenvalue weighted by Crippen LogP contribution is 2.33. The zero-order valence-electron chi connectivity index (χ0n) is 12.5. The Kier molecular flexibility index (Phi) is 5.36. The van der Waals surface area contributed by atoms with Crippen molar-refractivity contribution in [2.24, 2.45) is 11.3 Å². The first kappa shape index (κ1) is 16.3. The Morgan fingerprint density at radius 3 is 2.55 bits per heavy atom. The van der Waals surface area contributed by atoms with Gasteiger partial charge in [0, 0.05) is 13.0 Å². The van der Waals surface area contributed by atoms with Crippen molar-refractivity contribution in [2.75, 3.05) is 6.54 Å². The highest BCUT2D eigenvalue weighted by atomic mass is 16.4. The third-order valence-electron chi connectivity index (χ3n) is 3.07. The van der Waals surface area contributed by atoms with Gasteiger partial charge in [0.2, 0.25) is 0 Å². The van der Waals surface area contributed by atoms with Crippen LogP contribution in [0.25, 0.3) is 0 Å². The maximum absolute atomic E-state index is 11.6. The smallest absolute Gasteiger partial charge is 0.407 e. The van der Waals surface area contributed by atoms with Gasteiger partial charge in [-0.05, 0) is 23.5 Å². The Balaban J connectivity index is 3.11. The molecule has 1 amide bonds. The molecule has 112 valence electrons. The molecular weight excluding hydrogens is 258 g/mol. The van der Waals surface area contributed by atoms with Crippen molar-refractivity contribution in [1.29, 1.82) is 0 Å². The number of furan rings is 1. The second-order valence-corrected chi connectivity index (χ2v) is 6.31. The first-order chi connectivity index (χ1) is 9.26. The summed E-state index contributed by atoms with van der Waals surface area (Å²) in [6.07, 6.45) is 1.63. The van der Waals surface area contributed by atoms with Crippen LogP contribution in [0.4, 0.5) is 4.79 Å². The van der Waals surface area contributed by atoms with Crippen molar-refractivity contribution in [1.82, 2.24) is 4.90 Å². The molecule has 0 saturated heterocycles. The minimum absolute atomic E-state index is 0.142. The molecule has 0 spiro atoms. The van der Waals surface area contributed by atoms with Crippen LogP contribution < -0.4 is 0 Å². The monoisotopic (exact) mass is 281 g/mol. The zero-order valence-corrected chi connectivity index (χ0v) is 12.5. The largest absolute Gasteiger partial charge is 0.467 e. The fourth-order valence-corrected chi connectivity index (χ4v) is 2.28. The lowest BCUT2D eigenvalue weighted by Gasteiger charge is -2.36. The molecule has 0 saturated carbocycles. The highest BCUT2D eigenvalue weighted by molar-refractivity contribution is 5.66. The van der Waals surface area contributed by atoms with Crippen LogP contribution in [0.5, 0.6) is 0 Å². The van der Waals surface area contributed by atoms with Crippen LogP contribution >= 0.6 is 0 Å². The quantitative estimate of drug-likeness (QED) is 0.809. The lowest BCUT2D eigenvalue weighted by Crippen LogP contribution is -2.42. The number of hydrogen-bond donors (Lipinski definition) is 1. The second-order valence-electron chi connectivity index (χ2n) is 6.31. The number of carbonyl (C=O) groups excluding carboxylic acids is 1. The molecular formula is C15H23NO4. The van der Waals surface area contributed by atoms with E-state index in [-0.39, 0.29) is 11.3 Å². The van der Waals surface area contributed by atoms with E-state index in [1.54, 1.807) is 12.1 Å². The number of carboxylic acid groups (broad SMARTS) is 1. The Morgan fingerprint density at radius 2 is 2.15 bits per heavy atom. The summed E-state index contributed by atoms with van der Waals surface area (Å²) in [6, 6.07) is 3.03. The second kappa shape index (κ2) is 6.59. The van der Waals surface area contributed by atoms with Crippen molar-refractivity contribution in [3.05, 3.63) is 24.2 Å². The van der Waals surface area contributed by atoms with Gasteiger partial charge in [0.15, 0.2) is 0 Å². The fraction of sp³-hybridized carbons (Fsp3) is 0.600. The van der Waals surface area contributed by atoms with Gasteiger partial charge in [0.25, 0.3) is 0 Å². The Bertz CT molecular complexity index is 433. The van der Waals surface area contributed by atoms with E-state index in [0.717, 1.165) is 6.29 Å². The predicted molar refractivity (Wildman–Crippen MR) is 75.5 cm³/mol. The minimum atomic E-state index is -1.00. The molecule has 0 bridgehead atoms. The van der Waals surface area contributed by atoms with E-state index >= 15 is 0 Å². The van der Waals surface area contributed by atoms with Gasteiger partial charge in [-0.1, -0.05) is 27.7 Å². The highest BCUT2D eigenvalue weighted by Gasteiger charge is 2.34. The Hall–Kier alpha value is -1.78. The summed E-state index contributed by atoms with van der Waals surface area (Å²) in [6.45, 7) is 8.17. The first-order valence-electron chi connectivity index (χ1n) is 6.73. The predicted octanol–water partition coefficient (Wildman–Crippen LogP) is 3.57. The SMILES string of the molecule is C[C@H](CC=O)[C@@H](c1ccco1)N(CC(C)(C)C)C(=O)O. The van der Waals surface area contributed by atoms with Crippen LogP contribution in [0.2, 0.25) is 0 Å². The summed E-state index contributed by atoms with van der Waals surface area (Å²) in [5.41, 5.74) is -0.176. The topological polar surface area (TPSA) is 70.8 Å². The number of carbonyl (C=O) groups is 2. The minimum Gasteiger partial charge on any atom is -0.467 e. The number of hydrogen-bond acceptors (Lipinski definition) is 3. The van der Waals surface area contributed by atoms with E-state index in [2.05, 4.69) is 0 Å². The lowest BCUT2D eigenvalue weighted by atomic mass is 9.91. The molecule has 1 N–H and O–H groups in total. The third kappa shape index (κ3) is 4.40. The van der Waals surface area contributed by atoms with Crippen molar-refractivity contribution in [3.63, 3.8) is 0 Å². The molecule has 5 nitrogen and oxygen atoms in total. The number of amides is 1. The molecule has 1 aromatic rings. The normalized spacial score (nSPS) is 14.6. The number of aldehydes is 1. The summed E-state index contributed by atoms with van der Waals surface area (Å²) >= 11 is 0. The van der Waals surface area contributed by atoms with Crippen LogP contribution in [0, 0.1) is 11.3 Å². The molecule has 1 rings (SSSR count). The summed E-state index contributed by atoms with van der Waals surface area (Å²) in [4.78, 5) is 23.8. The summed E-state index contributed by atoms with van der Waals surface area (Å²) in [5, 5.41) is 9.52. The van der Waals surface area contributed by atoms with E-state index in [4.69, 9.17) is 4.42 Å². The van der Waals surface area contributed by atoms with Crippen LogP contribution in [0.1, 0.15) is 45.9 Å². The average Bonchev–Trinajstić information content (AvgIpc) is 2.80. The molecule has 0 aliphatic rings. The van der Waals surface area contributed by atoms with Crippen molar-refractivity contribution >= 4 is 12.4 Å². The molecule has 0 fully saturated rings. The molecule has 1 heterocycles. The molecule has 0 aliphatic heterocycles. The van der Waals surface area contributed by atoms with Gasteiger partial charge >= 0.3 is 6.09 Å². The summed E-state index contributed by atoms with van der Waals surface area (Å²) in [7, 11) is 0. The van der Waals surface area contributed by atoms with E-state index in [1.807, 2.05) is 27.7 Å². The van der Waals surface area contributed by atoms with Crippen molar-refractivity contribution in [2.45, 2.75) is 40.2 Å². The van der Waals surface area contributed by atoms with E-state index in [1.165, 1.54) is 11.2 Å². The van der Waals surface area contributed by atoms with Crippen molar-refractivity contribution < 1.29 is 19.1 Å². The van der Waals surface area contributed by atoms with Crippen molar-refractivity contribution in [3.8, 4) is 0 Å². The molecule has 1 aromatic heterocycles. The van der Waals surface area contributed by atoms with Crippen LogP contribution in [0.3, 0.4) is 0 Å². The first-order valence-corrected chi connectivity index (χ1v) is 6.73. The third-order valence-corrected chi connectivity index (χ3v) is 3.07. The van der Waals surface area contributed by atoms with Gasteiger partial charge < -0.3 is 14.3 Å². The molecule has 20 heavy (non-hydrogen) atoms.